The lowest BCUT2D eigenvalue weighted by molar-refractivity contribution is -0.0511. The quantitative estimate of drug-likeness (QED) is 0.422. The van der Waals surface area contributed by atoms with Gasteiger partial charge in [0.2, 0.25) is 0 Å². The third kappa shape index (κ3) is 3.94. The summed E-state index contributed by atoms with van der Waals surface area (Å²) in [5.41, 5.74) is 2.01. The van der Waals surface area contributed by atoms with Crippen LogP contribution >= 0.6 is 0 Å². The number of ether oxygens (including phenoxy) is 2. The zero-order chi connectivity index (χ0) is 21.1. The van der Waals surface area contributed by atoms with E-state index in [1.165, 1.54) is 17.2 Å². The second-order valence-corrected chi connectivity index (χ2v) is 7.12. The summed E-state index contributed by atoms with van der Waals surface area (Å²) < 4.78 is 12.7. The van der Waals surface area contributed by atoms with Gasteiger partial charge in [-0.25, -0.2) is 15.0 Å². The number of fused-ring (bicyclic) bond motifs is 1. The van der Waals surface area contributed by atoms with Crippen LogP contribution in [0.15, 0.2) is 36.9 Å². The molecule has 2 aromatic heterocycles. The van der Waals surface area contributed by atoms with Gasteiger partial charge in [0.15, 0.2) is 23.2 Å². The summed E-state index contributed by atoms with van der Waals surface area (Å²) in [5.74, 6) is 1.37. The smallest absolute Gasteiger partial charge is 0.167 e. The van der Waals surface area contributed by atoms with E-state index in [2.05, 4.69) is 27.2 Å². The molecule has 4 rings (SSSR count). The van der Waals surface area contributed by atoms with Gasteiger partial charge in [0.1, 0.15) is 30.4 Å². The molecule has 4 atom stereocenters. The van der Waals surface area contributed by atoms with Crippen molar-refractivity contribution in [3.8, 4) is 5.75 Å². The highest BCUT2D eigenvalue weighted by Gasteiger charge is 2.44. The maximum atomic E-state index is 10.3. The lowest BCUT2D eigenvalue weighted by atomic mass is 10.1. The van der Waals surface area contributed by atoms with E-state index < -0.39 is 31.1 Å². The van der Waals surface area contributed by atoms with Crippen molar-refractivity contribution in [3.63, 3.8) is 0 Å². The molecular weight excluding hydrogens is 390 g/mol. The van der Waals surface area contributed by atoms with Crippen LogP contribution in [-0.4, -0.2) is 66.4 Å². The SMILES string of the molecule is CCCOc1ccc(CNc2ncnc3c2ncn3C2O[C@H](CO)[C@@H](O)[C@H]2O)cc1. The van der Waals surface area contributed by atoms with Crippen molar-refractivity contribution in [2.24, 2.45) is 0 Å². The van der Waals surface area contributed by atoms with Crippen molar-refractivity contribution in [1.29, 1.82) is 0 Å². The molecule has 1 aliphatic heterocycles. The molecule has 1 aliphatic rings. The molecule has 0 saturated carbocycles. The predicted molar refractivity (Wildman–Crippen MR) is 108 cm³/mol. The molecule has 1 fully saturated rings. The van der Waals surface area contributed by atoms with E-state index in [0.717, 1.165) is 17.7 Å². The number of nitrogens with one attached hydrogen (secondary N) is 1. The second kappa shape index (κ2) is 8.92. The van der Waals surface area contributed by atoms with Crippen LogP contribution in [0.3, 0.4) is 0 Å². The Hall–Kier alpha value is -2.79. The summed E-state index contributed by atoms with van der Waals surface area (Å²) in [6.45, 7) is 2.88. The molecule has 10 heteroatoms. The lowest BCUT2D eigenvalue weighted by Crippen LogP contribution is -2.33. The van der Waals surface area contributed by atoms with Crippen LogP contribution in [0.2, 0.25) is 0 Å². The van der Waals surface area contributed by atoms with E-state index >= 15 is 0 Å². The normalized spacial score (nSPS) is 23.7. The van der Waals surface area contributed by atoms with E-state index in [1.54, 1.807) is 0 Å². The number of benzene rings is 1. The number of aliphatic hydroxyl groups is 3. The summed E-state index contributed by atoms with van der Waals surface area (Å²) in [7, 11) is 0. The van der Waals surface area contributed by atoms with Crippen LogP contribution in [0.4, 0.5) is 5.82 Å². The monoisotopic (exact) mass is 415 g/mol. The fraction of sp³-hybridized carbons (Fsp3) is 0.450. The molecule has 3 heterocycles. The fourth-order valence-corrected chi connectivity index (χ4v) is 3.39. The Morgan fingerprint density at radius 1 is 1.13 bits per heavy atom. The van der Waals surface area contributed by atoms with Gasteiger partial charge in [-0.05, 0) is 24.1 Å². The van der Waals surface area contributed by atoms with Crippen LogP contribution in [-0.2, 0) is 11.3 Å². The van der Waals surface area contributed by atoms with Crippen molar-refractivity contribution in [3.05, 3.63) is 42.5 Å². The minimum Gasteiger partial charge on any atom is -0.494 e. The largest absolute Gasteiger partial charge is 0.494 e. The number of nitrogens with zero attached hydrogens (tertiary/aromatic N) is 4. The van der Waals surface area contributed by atoms with E-state index in [0.29, 0.717) is 30.1 Å². The highest BCUT2D eigenvalue weighted by Crippen LogP contribution is 2.32. The van der Waals surface area contributed by atoms with E-state index in [4.69, 9.17) is 9.47 Å². The summed E-state index contributed by atoms with van der Waals surface area (Å²) >= 11 is 0. The molecule has 1 unspecified atom stereocenters. The van der Waals surface area contributed by atoms with Crippen LogP contribution in [0.25, 0.3) is 11.2 Å². The Kier molecular flexibility index (Phi) is 6.09. The third-order valence-electron chi connectivity index (χ3n) is 5.01. The standard InChI is InChI=1S/C20H25N5O5/c1-2-7-29-13-5-3-12(4-6-13)8-21-18-15-19(23-10-22-18)25(11-24-15)20-17(28)16(27)14(9-26)30-20/h3-6,10-11,14,16-17,20,26-28H,2,7-9H2,1H3,(H,21,22,23)/t14-,16-,17-,20?/m1/s1. The average Bonchev–Trinajstić information content (AvgIpc) is 3.33. The van der Waals surface area contributed by atoms with Crippen LogP contribution < -0.4 is 10.1 Å². The number of rotatable bonds is 8. The maximum absolute atomic E-state index is 10.3. The molecule has 10 nitrogen and oxygen atoms in total. The van der Waals surface area contributed by atoms with Gasteiger partial charge in [0, 0.05) is 6.54 Å². The Morgan fingerprint density at radius 3 is 2.63 bits per heavy atom. The van der Waals surface area contributed by atoms with Crippen molar-refractivity contribution in [2.75, 3.05) is 18.5 Å². The van der Waals surface area contributed by atoms with E-state index in [1.807, 2.05) is 24.3 Å². The number of hydrogen-bond acceptors (Lipinski definition) is 9. The van der Waals surface area contributed by atoms with Gasteiger partial charge in [-0.2, -0.15) is 0 Å². The average molecular weight is 415 g/mol. The Labute approximate surface area is 173 Å². The molecule has 1 saturated heterocycles. The topological polar surface area (TPSA) is 135 Å². The van der Waals surface area contributed by atoms with Gasteiger partial charge in [-0.1, -0.05) is 19.1 Å². The third-order valence-corrected chi connectivity index (χ3v) is 5.01. The number of aliphatic hydroxyl groups excluding tert-OH is 3. The first-order valence-corrected chi connectivity index (χ1v) is 9.88. The Balaban J connectivity index is 1.50. The minimum absolute atomic E-state index is 0.397. The molecule has 0 bridgehead atoms. The Bertz CT molecular complexity index is 979. The van der Waals surface area contributed by atoms with Gasteiger partial charge in [0.25, 0.3) is 0 Å². The fourth-order valence-electron chi connectivity index (χ4n) is 3.39. The first kappa shape index (κ1) is 20.5. The van der Waals surface area contributed by atoms with Gasteiger partial charge in [0.05, 0.1) is 19.5 Å². The van der Waals surface area contributed by atoms with Gasteiger partial charge >= 0.3 is 0 Å². The van der Waals surface area contributed by atoms with Gasteiger partial charge in [-0.3, -0.25) is 4.57 Å². The zero-order valence-corrected chi connectivity index (χ0v) is 16.5. The Morgan fingerprint density at radius 2 is 1.93 bits per heavy atom. The maximum Gasteiger partial charge on any atom is 0.167 e. The van der Waals surface area contributed by atoms with Crippen molar-refractivity contribution in [1.82, 2.24) is 19.5 Å². The second-order valence-electron chi connectivity index (χ2n) is 7.12. The molecule has 30 heavy (non-hydrogen) atoms. The molecule has 3 aromatic rings. The number of imidazole rings is 1. The first-order chi connectivity index (χ1) is 14.6. The van der Waals surface area contributed by atoms with Crippen LogP contribution in [0, 0.1) is 0 Å². The summed E-state index contributed by atoms with van der Waals surface area (Å²) in [6.07, 6.45) is -0.342. The molecule has 4 N–H and O–H groups in total. The predicted octanol–water partition coefficient (Wildman–Crippen LogP) is 0.839. The van der Waals surface area contributed by atoms with Gasteiger partial charge < -0.3 is 30.1 Å². The molecule has 0 aliphatic carbocycles. The summed E-state index contributed by atoms with van der Waals surface area (Å²) in [4.78, 5) is 12.9. The van der Waals surface area contributed by atoms with Crippen LogP contribution in [0.5, 0.6) is 5.75 Å². The minimum atomic E-state index is -1.21. The molecule has 160 valence electrons. The highest BCUT2D eigenvalue weighted by atomic mass is 16.6. The van der Waals surface area contributed by atoms with E-state index in [9.17, 15) is 15.3 Å². The molecule has 0 spiro atoms. The lowest BCUT2D eigenvalue weighted by Gasteiger charge is -2.16. The number of anilines is 1. The summed E-state index contributed by atoms with van der Waals surface area (Å²) in [5, 5.41) is 32.8. The molecule has 1 aromatic carbocycles. The zero-order valence-electron chi connectivity index (χ0n) is 16.5. The molecular formula is C20H25N5O5. The molecule has 0 amide bonds. The number of aromatic nitrogens is 4. The van der Waals surface area contributed by atoms with E-state index in [-0.39, 0.29) is 0 Å². The number of hydrogen-bond donors (Lipinski definition) is 4. The molecule has 0 radical (unpaired) electrons. The highest BCUT2D eigenvalue weighted by molar-refractivity contribution is 5.82. The van der Waals surface area contributed by atoms with Crippen molar-refractivity contribution >= 4 is 17.0 Å². The van der Waals surface area contributed by atoms with Gasteiger partial charge in [-0.15, -0.1) is 0 Å². The van der Waals surface area contributed by atoms with Crippen molar-refractivity contribution in [2.45, 2.75) is 44.4 Å². The van der Waals surface area contributed by atoms with Crippen LogP contribution in [0.1, 0.15) is 25.1 Å². The summed E-state index contributed by atoms with van der Waals surface area (Å²) in [6, 6.07) is 7.82. The van der Waals surface area contributed by atoms with Crippen molar-refractivity contribution < 1.29 is 24.8 Å². The first-order valence-electron chi connectivity index (χ1n) is 9.88.